The topological polar surface area (TPSA) is 53.7 Å². The van der Waals surface area contributed by atoms with E-state index in [0.29, 0.717) is 6.54 Å². The maximum atomic E-state index is 12.5. The van der Waals surface area contributed by atoms with E-state index < -0.39 is 0 Å². The van der Waals surface area contributed by atoms with E-state index in [4.69, 9.17) is 4.98 Å². The number of imidazole rings is 1. The Morgan fingerprint density at radius 3 is 2.64 bits per heavy atom. The molecule has 3 heterocycles. The molecular weight excluding hydrogens is 334 g/mol. The fraction of sp³-hybridized carbons (Fsp3) is 0.722. The third-order valence-electron chi connectivity index (χ3n) is 5.34. The first-order valence-corrected chi connectivity index (χ1v) is 10.1. The molecule has 25 heavy (non-hydrogen) atoms. The average molecular weight is 362 g/mol. The number of nitrogens with zero attached hydrogens (tertiary/aromatic N) is 5. The number of rotatable bonds is 3. The highest BCUT2D eigenvalue weighted by molar-refractivity contribution is 7.20. The number of hydrogen-bond acceptors (Lipinski definition) is 5. The molecule has 1 aliphatic carbocycles. The van der Waals surface area contributed by atoms with E-state index in [9.17, 15) is 4.79 Å². The van der Waals surface area contributed by atoms with Crippen LogP contribution in [0.25, 0.3) is 4.96 Å². The third-order valence-corrected chi connectivity index (χ3v) is 6.33. The molecule has 1 aliphatic heterocycles. The Bertz CT molecular complexity index is 737. The van der Waals surface area contributed by atoms with Gasteiger partial charge in [0.05, 0.1) is 18.4 Å². The summed E-state index contributed by atoms with van der Waals surface area (Å²) in [7, 11) is 0. The molecule has 0 radical (unpaired) electrons. The molecule has 1 saturated heterocycles. The molecule has 0 atom stereocenters. The van der Waals surface area contributed by atoms with Gasteiger partial charge in [0.15, 0.2) is 0 Å². The van der Waals surface area contributed by atoms with Crippen LogP contribution in [-0.2, 0) is 10.2 Å². The van der Waals surface area contributed by atoms with Gasteiger partial charge >= 0.3 is 0 Å². The molecule has 0 bridgehead atoms. The van der Waals surface area contributed by atoms with E-state index in [1.54, 1.807) is 11.3 Å². The molecule has 0 unspecified atom stereocenters. The van der Waals surface area contributed by atoms with E-state index in [0.717, 1.165) is 41.3 Å². The lowest BCUT2D eigenvalue weighted by molar-refractivity contribution is -0.131. The minimum atomic E-state index is 0.0232. The van der Waals surface area contributed by atoms with Gasteiger partial charge in [0.2, 0.25) is 16.0 Å². The van der Waals surface area contributed by atoms with E-state index in [-0.39, 0.29) is 11.3 Å². The zero-order valence-corrected chi connectivity index (χ0v) is 16.2. The minimum absolute atomic E-state index is 0.0232. The number of anilines is 1. The zero-order valence-electron chi connectivity index (χ0n) is 15.4. The van der Waals surface area contributed by atoms with Crippen molar-refractivity contribution in [3.8, 4) is 0 Å². The number of hydrogen-bond donors (Lipinski definition) is 0. The van der Waals surface area contributed by atoms with Gasteiger partial charge in [-0.3, -0.25) is 4.79 Å². The van der Waals surface area contributed by atoms with Crippen LogP contribution < -0.4 is 4.90 Å². The summed E-state index contributed by atoms with van der Waals surface area (Å²) in [6, 6.07) is 0. The zero-order chi connectivity index (χ0) is 17.6. The van der Waals surface area contributed by atoms with Crippen molar-refractivity contribution in [2.75, 3.05) is 31.1 Å². The third kappa shape index (κ3) is 3.38. The number of piperazine rings is 1. The minimum Gasteiger partial charge on any atom is -0.339 e. The first-order chi connectivity index (χ1) is 11.9. The predicted octanol–water partition coefficient (Wildman–Crippen LogP) is 2.93. The largest absolute Gasteiger partial charge is 0.339 e. The van der Waals surface area contributed by atoms with Crippen molar-refractivity contribution in [1.29, 1.82) is 0 Å². The molecule has 7 heteroatoms. The summed E-state index contributed by atoms with van der Waals surface area (Å²) in [6.45, 7) is 9.53. The number of aromatic nitrogens is 3. The molecule has 4 rings (SSSR count). The smallest absolute Gasteiger partial charge is 0.242 e. The Balaban J connectivity index is 1.43. The number of amides is 1. The van der Waals surface area contributed by atoms with Gasteiger partial charge in [0, 0.05) is 25.0 Å². The Hall–Kier alpha value is -1.63. The first kappa shape index (κ1) is 16.8. The Kier molecular flexibility index (Phi) is 4.22. The molecule has 136 valence electrons. The fourth-order valence-corrected chi connectivity index (χ4v) is 4.66. The Labute approximate surface area is 152 Å². The average Bonchev–Trinajstić information content (AvgIpc) is 3.23. The van der Waals surface area contributed by atoms with E-state index in [1.807, 2.05) is 10.7 Å². The molecule has 1 amide bonds. The summed E-state index contributed by atoms with van der Waals surface area (Å²) in [6.07, 6.45) is 7.23. The Morgan fingerprint density at radius 2 is 2.00 bits per heavy atom. The second-order valence-corrected chi connectivity index (χ2v) is 9.33. The molecule has 2 aromatic rings. The van der Waals surface area contributed by atoms with Crippen molar-refractivity contribution >= 4 is 27.3 Å². The van der Waals surface area contributed by atoms with Crippen LogP contribution in [0, 0.1) is 5.92 Å². The first-order valence-electron chi connectivity index (χ1n) is 9.29. The Morgan fingerprint density at radius 1 is 1.24 bits per heavy atom. The van der Waals surface area contributed by atoms with Crippen LogP contribution in [0.2, 0.25) is 0 Å². The lowest BCUT2D eigenvalue weighted by atomic mass is 9.93. The normalized spacial score (nSPS) is 20.2. The summed E-state index contributed by atoms with van der Waals surface area (Å²) in [4.78, 5) is 22.3. The van der Waals surface area contributed by atoms with Crippen LogP contribution in [0.3, 0.4) is 0 Å². The van der Waals surface area contributed by atoms with Crippen LogP contribution in [0.4, 0.5) is 5.13 Å². The maximum absolute atomic E-state index is 12.5. The van der Waals surface area contributed by atoms with Crippen molar-refractivity contribution in [3.63, 3.8) is 0 Å². The highest BCUT2D eigenvalue weighted by Crippen LogP contribution is 2.29. The van der Waals surface area contributed by atoms with Gasteiger partial charge in [0.1, 0.15) is 0 Å². The molecule has 0 N–H and O–H groups in total. The monoisotopic (exact) mass is 361 g/mol. The summed E-state index contributed by atoms with van der Waals surface area (Å²) >= 11 is 1.57. The predicted molar refractivity (Wildman–Crippen MR) is 100 cm³/mol. The van der Waals surface area contributed by atoms with Gasteiger partial charge in [0.25, 0.3) is 0 Å². The van der Waals surface area contributed by atoms with Gasteiger partial charge in [-0.1, -0.05) is 44.9 Å². The van der Waals surface area contributed by atoms with E-state index in [2.05, 4.69) is 35.7 Å². The van der Waals surface area contributed by atoms with Crippen molar-refractivity contribution in [2.24, 2.45) is 5.92 Å². The van der Waals surface area contributed by atoms with Crippen LogP contribution in [0.15, 0.2) is 6.20 Å². The van der Waals surface area contributed by atoms with Gasteiger partial charge < -0.3 is 9.80 Å². The molecule has 2 aliphatic rings. The summed E-state index contributed by atoms with van der Waals surface area (Å²) in [5.74, 6) is 0.954. The molecule has 1 saturated carbocycles. The molecule has 6 nitrogen and oxygen atoms in total. The second kappa shape index (κ2) is 6.27. The lowest BCUT2D eigenvalue weighted by Crippen LogP contribution is -2.51. The highest BCUT2D eigenvalue weighted by Gasteiger charge is 2.29. The van der Waals surface area contributed by atoms with Crippen molar-refractivity contribution in [1.82, 2.24) is 19.5 Å². The molecule has 2 fully saturated rings. The van der Waals surface area contributed by atoms with Gasteiger partial charge in [-0.25, -0.2) is 9.50 Å². The number of carbonyl (C=O) groups is 1. The van der Waals surface area contributed by atoms with Gasteiger partial charge in [-0.15, -0.1) is 5.10 Å². The van der Waals surface area contributed by atoms with Crippen LogP contribution in [-0.4, -0.2) is 51.6 Å². The standard InChI is InChI=1S/C18H27N5OS/c1-18(2,3)14-11-23-16(19-14)25-17(20-23)22-9-8-21(15(24)12-22)10-13-6-4-5-7-13/h11,13H,4-10,12H2,1-3H3. The number of carbonyl (C=O) groups excluding carboxylic acids is 1. The van der Waals surface area contributed by atoms with Gasteiger partial charge in [-0.2, -0.15) is 0 Å². The van der Waals surface area contributed by atoms with Crippen LogP contribution in [0.5, 0.6) is 0 Å². The molecule has 0 spiro atoms. The SMILES string of the molecule is CC(C)(C)c1cn2nc(N3CCN(CC4CCCC4)C(=O)C3)sc2n1. The molecule has 0 aromatic carbocycles. The van der Waals surface area contributed by atoms with E-state index >= 15 is 0 Å². The van der Waals surface area contributed by atoms with E-state index in [1.165, 1.54) is 25.7 Å². The van der Waals surface area contributed by atoms with Crippen LogP contribution in [0.1, 0.15) is 52.1 Å². The molecule has 2 aromatic heterocycles. The van der Waals surface area contributed by atoms with Crippen molar-refractivity contribution in [3.05, 3.63) is 11.9 Å². The highest BCUT2D eigenvalue weighted by atomic mass is 32.1. The quantitative estimate of drug-likeness (QED) is 0.843. The number of fused-ring (bicyclic) bond motifs is 1. The lowest BCUT2D eigenvalue weighted by Gasteiger charge is -2.35. The van der Waals surface area contributed by atoms with Crippen molar-refractivity contribution < 1.29 is 4.79 Å². The van der Waals surface area contributed by atoms with Crippen LogP contribution >= 0.6 is 11.3 Å². The maximum Gasteiger partial charge on any atom is 0.242 e. The van der Waals surface area contributed by atoms with Gasteiger partial charge in [-0.05, 0) is 18.8 Å². The fourth-order valence-electron chi connectivity index (χ4n) is 3.75. The second-order valence-electron chi connectivity index (χ2n) is 8.40. The summed E-state index contributed by atoms with van der Waals surface area (Å²) < 4.78 is 1.86. The summed E-state index contributed by atoms with van der Waals surface area (Å²) in [5.41, 5.74) is 1.07. The molecular formula is C18H27N5OS. The summed E-state index contributed by atoms with van der Waals surface area (Å²) in [5, 5.41) is 5.56. The van der Waals surface area contributed by atoms with Crippen molar-refractivity contribution in [2.45, 2.75) is 51.9 Å².